The van der Waals surface area contributed by atoms with E-state index in [4.69, 9.17) is 5.73 Å². The maximum Gasteiger partial charge on any atom is 0.225 e. The summed E-state index contributed by atoms with van der Waals surface area (Å²) in [6.45, 7) is 5.16. The van der Waals surface area contributed by atoms with Gasteiger partial charge in [-0.15, -0.1) is 0 Å². The predicted octanol–water partition coefficient (Wildman–Crippen LogP) is 1.72. The first kappa shape index (κ1) is 14.5. The van der Waals surface area contributed by atoms with E-state index in [-0.39, 0.29) is 29.1 Å². The van der Waals surface area contributed by atoms with E-state index in [1.807, 2.05) is 11.8 Å². The Labute approximate surface area is 115 Å². The Morgan fingerprint density at radius 3 is 2.11 bits per heavy atom. The van der Waals surface area contributed by atoms with E-state index in [0.717, 1.165) is 51.6 Å². The molecule has 4 nitrogen and oxygen atoms in total. The number of carbonyl (C=O) groups excluding carboxylic acids is 2. The van der Waals surface area contributed by atoms with E-state index in [1.54, 1.807) is 6.92 Å². The van der Waals surface area contributed by atoms with Crippen LogP contribution in [0.4, 0.5) is 0 Å². The van der Waals surface area contributed by atoms with E-state index in [0.29, 0.717) is 0 Å². The van der Waals surface area contributed by atoms with Crippen LogP contribution in [0.25, 0.3) is 0 Å². The second-order valence-corrected chi connectivity index (χ2v) is 6.55. The summed E-state index contributed by atoms with van der Waals surface area (Å²) in [5.41, 5.74) is 5.67. The lowest BCUT2D eigenvalue weighted by molar-refractivity contribution is -0.141. The van der Waals surface area contributed by atoms with Crippen LogP contribution < -0.4 is 5.73 Å². The van der Waals surface area contributed by atoms with Gasteiger partial charge in [-0.3, -0.25) is 9.59 Å². The molecule has 2 aliphatic rings. The Kier molecular flexibility index (Phi) is 4.29. The highest BCUT2D eigenvalue weighted by molar-refractivity contribution is 5.83. The average molecular weight is 266 g/mol. The molecule has 1 amide bonds. The highest BCUT2D eigenvalue weighted by atomic mass is 16.2. The first-order valence-electron chi connectivity index (χ1n) is 7.48. The van der Waals surface area contributed by atoms with Crippen molar-refractivity contribution in [2.75, 3.05) is 13.1 Å². The molecule has 1 aliphatic heterocycles. The van der Waals surface area contributed by atoms with E-state index >= 15 is 0 Å². The molecule has 1 saturated heterocycles. The number of nitrogens with zero attached hydrogens (tertiary/aromatic N) is 1. The van der Waals surface area contributed by atoms with Crippen LogP contribution in [0.15, 0.2) is 0 Å². The SMILES string of the molecule is CC(=O)C1(C)CCN(C(=O)C2CCC(N)CC2)CC1. The second kappa shape index (κ2) is 5.61. The maximum absolute atomic E-state index is 12.4. The summed E-state index contributed by atoms with van der Waals surface area (Å²) < 4.78 is 0. The molecule has 0 radical (unpaired) electrons. The summed E-state index contributed by atoms with van der Waals surface area (Å²) in [7, 11) is 0. The molecule has 0 bridgehead atoms. The summed E-state index contributed by atoms with van der Waals surface area (Å²) in [5, 5.41) is 0. The number of hydrogen-bond donors (Lipinski definition) is 1. The Balaban J connectivity index is 1.87. The van der Waals surface area contributed by atoms with Gasteiger partial charge in [-0.05, 0) is 45.4 Å². The van der Waals surface area contributed by atoms with Crippen LogP contribution in [0.1, 0.15) is 52.4 Å². The van der Waals surface area contributed by atoms with Gasteiger partial charge in [0.15, 0.2) is 0 Å². The minimum Gasteiger partial charge on any atom is -0.342 e. The van der Waals surface area contributed by atoms with Crippen molar-refractivity contribution in [1.82, 2.24) is 4.90 Å². The van der Waals surface area contributed by atoms with Gasteiger partial charge in [0.25, 0.3) is 0 Å². The van der Waals surface area contributed by atoms with Crippen molar-refractivity contribution < 1.29 is 9.59 Å². The fourth-order valence-electron chi connectivity index (χ4n) is 3.20. The van der Waals surface area contributed by atoms with Gasteiger partial charge in [-0.2, -0.15) is 0 Å². The normalized spacial score (nSPS) is 31.0. The van der Waals surface area contributed by atoms with Crippen molar-refractivity contribution in [2.45, 2.75) is 58.4 Å². The molecule has 1 heterocycles. The first-order chi connectivity index (χ1) is 8.92. The van der Waals surface area contributed by atoms with Crippen molar-refractivity contribution in [1.29, 1.82) is 0 Å². The zero-order valence-electron chi connectivity index (χ0n) is 12.2. The molecule has 0 aromatic carbocycles. The molecule has 4 heteroatoms. The van der Waals surface area contributed by atoms with E-state index in [2.05, 4.69) is 0 Å². The van der Waals surface area contributed by atoms with Crippen molar-refractivity contribution >= 4 is 11.7 Å². The molecule has 2 N–H and O–H groups in total. The predicted molar refractivity (Wildman–Crippen MR) is 74.5 cm³/mol. The molecular weight excluding hydrogens is 240 g/mol. The monoisotopic (exact) mass is 266 g/mol. The van der Waals surface area contributed by atoms with E-state index in [9.17, 15) is 9.59 Å². The number of hydrogen-bond acceptors (Lipinski definition) is 3. The highest BCUT2D eigenvalue weighted by Crippen LogP contribution is 2.33. The van der Waals surface area contributed by atoms with Crippen LogP contribution in [0.2, 0.25) is 0 Å². The Hall–Kier alpha value is -0.900. The average Bonchev–Trinajstić information content (AvgIpc) is 2.39. The second-order valence-electron chi connectivity index (χ2n) is 6.55. The highest BCUT2D eigenvalue weighted by Gasteiger charge is 2.37. The third-order valence-corrected chi connectivity index (χ3v) is 5.15. The first-order valence-corrected chi connectivity index (χ1v) is 7.48. The van der Waals surface area contributed by atoms with E-state index in [1.165, 1.54) is 0 Å². The van der Waals surface area contributed by atoms with Crippen LogP contribution in [-0.2, 0) is 9.59 Å². The Morgan fingerprint density at radius 2 is 1.63 bits per heavy atom. The van der Waals surface area contributed by atoms with Gasteiger partial charge in [-0.1, -0.05) is 6.92 Å². The third kappa shape index (κ3) is 3.16. The number of piperidine rings is 1. The van der Waals surface area contributed by atoms with Crippen molar-refractivity contribution in [3.8, 4) is 0 Å². The molecule has 2 fully saturated rings. The number of Topliss-reactive ketones (excluding diaryl/α,β-unsaturated/α-hetero) is 1. The van der Waals surface area contributed by atoms with Gasteiger partial charge < -0.3 is 10.6 Å². The van der Waals surface area contributed by atoms with Gasteiger partial charge in [-0.25, -0.2) is 0 Å². The van der Waals surface area contributed by atoms with Gasteiger partial charge in [0.2, 0.25) is 5.91 Å². The lowest BCUT2D eigenvalue weighted by Crippen LogP contribution is -2.47. The van der Waals surface area contributed by atoms with Crippen LogP contribution in [0.5, 0.6) is 0 Å². The summed E-state index contributed by atoms with van der Waals surface area (Å²) in [4.78, 5) is 26.0. The standard InChI is InChI=1S/C15H26N2O2/c1-11(18)15(2)7-9-17(10-8-15)14(19)12-3-5-13(16)6-4-12/h12-13H,3-10,16H2,1-2H3. The smallest absolute Gasteiger partial charge is 0.225 e. The lowest BCUT2D eigenvalue weighted by atomic mass is 9.76. The van der Waals surface area contributed by atoms with Crippen LogP contribution in [0.3, 0.4) is 0 Å². The molecule has 0 aromatic heterocycles. The van der Waals surface area contributed by atoms with Crippen molar-refractivity contribution in [3.63, 3.8) is 0 Å². The molecule has 19 heavy (non-hydrogen) atoms. The minimum atomic E-state index is -0.217. The minimum absolute atomic E-state index is 0.168. The summed E-state index contributed by atoms with van der Waals surface area (Å²) in [6.07, 6.45) is 5.41. The fourth-order valence-corrected chi connectivity index (χ4v) is 3.20. The largest absolute Gasteiger partial charge is 0.342 e. The molecular formula is C15H26N2O2. The molecule has 0 atom stereocenters. The maximum atomic E-state index is 12.4. The van der Waals surface area contributed by atoms with Crippen molar-refractivity contribution in [2.24, 2.45) is 17.1 Å². The Bertz CT molecular complexity index is 351. The third-order valence-electron chi connectivity index (χ3n) is 5.15. The molecule has 2 rings (SSSR count). The topological polar surface area (TPSA) is 63.4 Å². The fraction of sp³-hybridized carbons (Fsp3) is 0.867. The van der Waals surface area contributed by atoms with Gasteiger partial charge in [0.1, 0.15) is 5.78 Å². The van der Waals surface area contributed by atoms with Crippen LogP contribution >= 0.6 is 0 Å². The number of ketones is 1. The number of nitrogens with two attached hydrogens (primary N) is 1. The number of amides is 1. The molecule has 1 saturated carbocycles. The quantitative estimate of drug-likeness (QED) is 0.827. The van der Waals surface area contributed by atoms with Crippen LogP contribution in [0, 0.1) is 11.3 Å². The summed E-state index contributed by atoms with van der Waals surface area (Å²) >= 11 is 0. The Morgan fingerprint density at radius 1 is 1.11 bits per heavy atom. The molecule has 0 unspecified atom stereocenters. The molecule has 0 aromatic rings. The zero-order valence-corrected chi connectivity index (χ0v) is 12.2. The zero-order chi connectivity index (χ0) is 14.0. The molecule has 108 valence electrons. The number of carbonyl (C=O) groups is 2. The van der Waals surface area contributed by atoms with Gasteiger partial charge in [0, 0.05) is 30.5 Å². The summed E-state index contributed by atoms with van der Waals surface area (Å²) in [5.74, 6) is 0.710. The number of likely N-dealkylation sites (tertiary alicyclic amines) is 1. The van der Waals surface area contributed by atoms with Gasteiger partial charge in [0.05, 0.1) is 0 Å². The van der Waals surface area contributed by atoms with Crippen LogP contribution in [-0.4, -0.2) is 35.7 Å². The molecule has 1 aliphatic carbocycles. The van der Waals surface area contributed by atoms with Crippen molar-refractivity contribution in [3.05, 3.63) is 0 Å². The number of rotatable bonds is 2. The molecule has 0 spiro atoms. The van der Waals surface area contributed by atoms with E-state index < -0.39 is 0 Å². The lowest BCUT2D eigenvalue weighted by Gasteiger charge is -2.39. The summed E-state index contributed by atoms with van der Waals surface area (Å²) in [6, 6.07) is 0.284. The van der Waals surface area contributed by atoms with Gasteiger partial charge >= 0.3 is 0 Å².